The number of hydrogen-bond acceptors (Lipinski definition) is 6. The van der Waals surface area contributed by atoms with Crippen LogP contribution in [-0.4, -0.2) is 58.2 Å². The number of amides is 5. The molecule has 1 aliphatic heterocycles. The molecule has 10 nitrogen and oxygen atoms in total. The molecule has 5 amide bonds. The first kappa shape index (κ1) is 25.7. The number of carbonyl (C=O) groups is 5. The molecule has 0 saturated heterocycles. The summed E-state index contributed by atoms with van der Waals surface area (Å²) in [6.45, 7) is 3.29. The predicted octanol–water partition coefficient (Wildman–Crippen LogP) is 0.612. The number of aliphatic hydroxyl groups is 1. The number of nitrogens with one attached hydrogen (secondary N) is 3. The molecule has 0 radical (unpaired) electrons. The molecule has 0 saturated carbocycles. The van der Waals surface area contributed by atoms with Crippen molar-refractivity contribution in [2.24, 2.45) is 0 Å². The molecule has 2 rings (SSSR count). The SMILES string of the molecule is C[C@H](NC(=O)CCCCCN1C(=O)C=CC1=O)C(=O)N[C@@H](C)C(=O)Nc1ccc(CO)cc1. The third-order valence-corrected chi connectivity index (χ3v) is 5.11. The van der Waals surface area contributed by atoms with Gasteiger partial charge in [0.25, 0.3) is 11.8 Å². The maximum absolute atomic E-state index is 12.3. The summed E-state index contributed by atoms with van der Waals surface area (Å²) in [5.74, 6) is -1.84. The van der Waals surface area contributed by atoms with E-state index in [-0.39, 0.29) is 30.7 Å². The van der Waals surface area contributed by atoms with Crippen LogP contribution in [-0.2, 0) is 30.6 Å². The topological polar surface area (TPSA) is 145 Å². The minimum atomic E-state index is -0.820. The number of rotatable bonds is 12. The average Bonchev–Trinajstić information content (AvgIpc) is 3.11. The van der Waals surface area contributed by atoms with Crippen molar-refractivity contribution in [3.63, 3.8) is 0 Å². The summed E-state index contributed by atoms with van der Waals surface area (Å²) in [6.07, 6.45) is 4.48. The van der Waals surface area contributed by atoms with Crippen LogP contribution in [0.1, 0.15) is 45.1 Å². The molecule has 0 fully saturated rings. The van der Waals surface area contributed by atoms with Gasteiger partial charge in [-0.15, -0.1) is 0 Å². The molecule has 2 atom stereocenters. The molecule has 1 aliphatic rings. The molecule has 1 aromatic carbocycles. The minimum Gasteiger partial charge on any atom is -0.392 e. The highest BCUT2D eigenvalue weighted by molar-refractivity contribution is 6.12. The lowest BCUT2D eigenvalue weighted by atomic mass is 10.1. The lowest BCUT2D eigenvalue weighted by Crippen LogP contribution is -2.50. The predicted molar refractivity (Wildman–Crippen MR) is 121 cm³/mol. The second-order valence-corrected chi connectivity index (χ2v) is 7.84. The van der Waals surface area contributed by atoms with E-state index < -0.39 is 23.9 Å². The van der Waals surface area contributed by atoms with Crippen LogP contribution in [0.25, 0.3) is 0 Å². The van der Waals surface area contributed by atoms with E-state index in [0.717, 1.165) is 4.90 Å². The van der Waals surface area contributed by atoms with Crippen LogP contribution in [0.15, 0.2) is 36.4 Å². The summed E-state index contributed by atoms with van der Waals surface area (Å²) in [5.41, 5.74) is 1.25. The van der Waals surface area contributed by atoms with Gasteiger partial charge in [0, 0.05) is 30.8 Å². The first-order valence-electron chi connectivity index (χ1n) is 10.8. The molecule has 1 heterocycles. The lowest BCUT2D eigenvalue weighted by molar-refractivity contribution is -0.137. The Bertz CT molecular complexity index is 894. The largest absolute Gasteiger partial charge is 0.392 e. The maximum atomic E-state index is 12.3. The Morgan fingerprint density at radius 2 is 1.48 bits per heavy atom. The Morgan fingerprint density at radius 3 is 2.09 bits per heavy atom. The van der Waals surface area contributed by atoms with Crippen LogP contribution in [0.2, 0.25) is 0 Å². The Balaban J connectivity index is 1.64. The van der Waals surface area contributed by atoms with Crippen LogP contribution in [0.3, 0.4) is 0 Å². The highest BCUT2D eigenvalue weighted by Crippen LogP contribution is 2.10. The number of imide groups is 1. The number of benzene rings is 1. The van der Waals surface area contributed by atoms with Gasteiger partial charge in [0.1, 0.15) is 12.1 Å². The molecular formula is C23H30N4O6. The monoisotopic (exact) mass is 458 g/mol. The Morgan fingerprint density at radius 1 is 0.879 bits per heavy atom. The zero-order valence-electron chi connectivity index (χ0n) is 18.8. The number of hydrogen-bond donors (Lipinski definition) is 4. The zero-order valence-corrected chi connectivity index (χ0v) is 18.8. The van der Waals surface area contributed by atoms with Crippen molar-refractivity contribution >= 4 is 35.2 Å². The molecule has 0 aliphatic carbocycles. The van der Waals surface area contributed by atoms with Crippen molar-refractivity contribution in [3.8, 4) is 0 Å². The van der Waals surface area contributed by atoms with Gasteiger partial charge in [-0.05, 0) is 44.4 Å². The van der Waals surface area contributed by atoms with Crippen molar-refractivity contribution in [1.29, 1.82) is 0 Å². The average molecular weight is 459 g/mol. The van der Waals surface area contributed by atoms with Gasteiger partial charge < -0.3 is 21.1 Å². The van der Waals surface area contributed by atoms with Gasteiger partial charge in [-0.3, -0.25) is 28.9 Å². The fourth-order valence-electron chi connectivity index (χ4n) is 3.11. The van der Waals surface area contributed by atoms with Crippen molar-refractivity contribution in [1.82, 2.24) is 15.5 Å². The Hall–Kier alpha value is -3.53. The normalized spacial score (nSPS) is 14.7. The standard InChI is InChI=1S/C23H30N4O6/c1-15(24-19(29)6-4-3-5-13-27-20(30)11-12-21(27)31)22(32)25-16(2)23(33)26-18-9-7-17(14-28)8-10-18/h7-12,15-16,28H,3-6,13-14H2,1-2H3,(H,24,29)(H,25,32)(H,26,33)/t15-,16-/m0/s1. The Kier molecular flexibility index (Phi) is 9.74. The molecule has 0 spiro atoms. The molecule has 0 unspecified atom stereocenters. The van der Waals surface area contributed by atoms with Crippen LogP contribution < -0.4 is 16.0 Å². The van der Waals surface area contributed by atoms with Crippen molar-refractivity contribution in [2.45, 2.75) is 58.2 Å². The number of unbranched alkanes of at least 4 members (excludes halogenated alkanes) is 2. The summed E-state index contributed by atoms with van der Waals surface area (Å²) in [5, 5.41) is 16.9. The molecule has 33 heavy (non-hydrogen) atoms. The van der Waals surface area contributed by atoms with Crippen LogP contribution >= 0.6 is 0 Å². The summed E-state index contributed by atoms with van der Waals surface area (Å²) in [4.78, 5) is 60.7. The second kappa shape index (κ2) is 12.5. The number of anilines is 1. The third kappa shape index (κ3) is 8.15. The van der Waals surface area contributed by atoms with Crippen LogP contribution in [0.4, 0.5) is 5.69 Å². The highest BCUT2D eigenvalue weighted by atomic mass is 16.3. The van der Waals surface area contributed by atoms with Gasteiger partial charge in [-0.2, -0.15) is 0 Å². The van der Waals surface area contributed by atoms with E-state index >= 15 is 0 Å². The van der Waals surface area contributed by atoms with Crippen molar-refractivity contribution in [3.05, 3.63) is 42.0 Å². The first-order chi connectivity index (χ1) is 15.7. The number of carbonyl (C=O) groups excluding carboxylic acids is 5. The minimum absolute atomic E-state index is 0.0946. The number of nitrogens with zero attached hydrogens (tertiary/aromatic N) is 1. The van der Waals surface area contributed by atoms with Crippen LogP contribution in [0, 0.1) is 0 Å². The van der Waals surface area contributed by atoms with Gasteiger partial charge in [0.2, 0.25) is 17.7 Å². The summed E-state index contributed by atoms with van der Waals surface area (Å²) < 4.78 is 0. The van der Waals surface area contributed by atoms with Gasteiger partial charge in [0.05, 0.1) is 6.61 Å². The van der Waals surface area contributed by atoms with Gasteiger partial charge in [-0.25, -0.2) is 0 Å². The van der Waals surface area contributed by atoms with E-state index in [2.05, 4.69) is 16.0 Å². The second-order valence-electron chi connectivity index (χ2n) is 7.84. The molecule has 178 valence electrons. The number of aliphatic hydroxyl groups excluding tert-OH is 1. The van der Waals surface area contributed by atoms with Gasteiger partial charge >= 0.3 is 0 Å². The summed E-state index contributed by atoms with van der Waals surface area (Å²) in [7, 11) is 0. The quantitative estimate of drug-likeness (QED) is 0.267. The summed E-state index contributed by atoms with van der Waals surface area (Å²) >= 11 is 0. The van der Waals surface area contributed by atoms with E-state index in [0.29, 0.717) is 37.1 Å². The smallest absolute Gasteiger partial charge is 0.253 e. The van der Waals surface area contributed by atoms with Crippen LogP contribution in [0.5, 0.6) is 0 Å². The maximum Gasteiger partial charge on any atom is 0.253 e. The molecule has 1 aromatic rings. The fraction of sp³-hybridized carbons (Fsp3) is 0.435. The molecule has 4 N–H and O–H groups in total. The van der Waals surface area contributed by atoms with Crippen molar-refractivity contribution < 1.29 is 29.1 Å². The van der Waals surface area contributed by atoms with E-state index in [1.807, 2.05) is 0 Å². The van der Waals surface area contributed by atoms with Gasteiger partial charge in [0.15, 0.2) is 0 Å². The highest BCUT2D eigenvalue weighted by Gasteiger charge is 2.23. The zero-order chi connectivity index (χ0) is 24.4. The van der Waals surface area contributed by atoms with E-state index in [1.165, 1.54) is 26.0 Å². The van der Waals surface area contributed by atoms with Gasteiger partial charge in [-0.1, -0.05) is 18.6 Å². The Labute approximate surface area is 192 Å². The lowest BCUT2D eigenvalue weighted by Gasteiger charge is -2.18. The van der Waals surface area contributed by atoms with E-state index in [4.69, 9.17) is 5.11 Å². The first-order valence-corrected chi connectivity index (χ1v) is 10.8. The summed E-state index contributed by atoms with van der Waals surface area (Å²) in [6, 6.07) is 5.03. The van der Waals surface area contributed by atoms with E-state index in [9.17, 15) is 24.0 Å². The molecule has 10 heteroatoms. The fourth-order valence-corrected chi connectivity index (χ4v) is 3.11. The van der Waals surface area contributed by atoms with E-state index in [1.54, 1.807) is 24.3 Å². The molecular weight excluding hydrogens is 428 g/mol. The third-order valence-electron chi connectivity index (χ3n) is 5.11. The molecule has 0 bridgehead atoms. The van der Waals surface area contributed by atoms with Crippen molar-refractivity contribution in [2.75, 3.05) is 11.9 Å². The molecule has 0 aromatic heterocycles.